The first kappa shape index (κ1) is 14.3. The number of rotatable bonds is 5. The predicted molar refractivity (Wildman–Crippen MR) is 77.6 cm³/mol. The second-order valence-electron chi connectivity index (χ2n) is 5.03. The zero-order valence-corrected chi connectivity index (χ0v) is 11.8. The molecule has 0 aliphatic carbocycles. The van der Waals surface area contributed by atoms with Crippen LogP contribution in [-0.4, -0.2) is 28.1 Å². The fourth-order valence-electron chi connectivity index (χ4n) is 2.18. The third-order valence-corrected chi connectivity index (χ3v) is 3.46. The molecule has 1 heterocycles. The van der Waals surface area contributed by atoms with Crippen LogP contribution < -0.4 is 5.73 Å². The number of nitrogens with one attached hydrogen (secondary N) is 1. The first-order valence-corrected chi connectivity index (χ1v) is 6.62. The highest BCUT2D eigenvalue weighted by Crippen LogP contribution is 2.21. The minimum atomic E-state index is -0.296. The van der Waals surface area contributed by atoms with Crippen molar-refractivity contribution in [3.8, 4) is 0 Å². The Balaban J connectivity index is 2.01. The van der Waals surface area contributed by atoms with E-state index < -0.39 is 0 Å². The van der Waals surface area contributed by atoms with Gasteiger partial charge in [0.2, 0.25) is 5.91 Å². The standard InChI is InChI=1S/C15H20N4O/c1-11(14(16)13-6-4-3-5-7-13)15(20)19(2)10-12-8-17-18-9-12/h3-9,11,14H,10,16H2,1-2H3,(H,17,18). The van der Waals surface area contributed by atoms with Crippen LogP contribution in [0.2, 0.25) is 0 Å². The number of hydrogen-bond acceptors (Lipinski definition) is 3. The Morgan fingerprint density at radius 1 is 1.40 bits per heavy atom. The van der Waals surface area contributed by atoms with Crippen molar-refractivity contribution in [2.75, 3.05) is 7.05 Å². The lowest BCUT2D eigenvalue weighted by Gasteiger charge is -2.25. The third-order valence-electron chi connectivity index (χ3n) is 3.46. The molecule has 3 N–H and O–H groups in total. The Labute approximate surface area is 118 Å². The molecule has 0 aliphatic rings. The summed E-state index contributed by atoms with van der Waals surface area (Å²) < 4.78 is 0. The molecule has 2 unspecified atom stereocenters. The van der Waals surface area contributed by atoms with Crippen LogP contribution >= 0.6 is 0 Å². The number of aromatic amines is 1. The van der Waals surface area contributed by atoms with Gasteiger partial charge in [-0.05, 0) is 5.56 Å². The molecule has 1 aromatic carbocycles. The minimum absolute atomic E-state index is 0.0301. The molecule has 2 atom stereocenters. The number of nitrogens with zero attached hydrogens (tertiary/aromatic N) is 2. The van der Waals surface area contributed by atoms with E-state index in [0.717, 1.165) is 11.1 Å². The van der Waals surface area contributed by atoms with Gasteiger partial charge in [-0.3, -0.25) is 9.89 Å². The van der Waals surface area contributed by atoms with Crippen molar-refractivity contribution in [3.63, 3.8) is 0 Å². The lowest BCUT2D eigenvalue weighted by molar-refractivity contribution is -0.134. The fourth-order valence-corrected chi connectivity index (χ4v) is 2.18. The molecule has 20 heavy (non-hydrogen) atoms. The number of carbonyl (C=O) groups is 1. The number of benzene rings is 1. The fraction of sp³-hybridized carbons (Fsp3) is 0.333. The number of carbonyl (C=O) groups excluding carboxylic acids is 1. The van der Waals surface area contributed by atoms with Crippen LogP contribution in [0, 0.1) is 5.92 Å². The van der Waals surface area contributed by atoms with Gasteiger partial charge in [-0.15, -0.1) is 0 Å². The second kappa shape index (κ2) is 6.34. The Bertz CT molecular complexity index is 538. The van der Waals surface area contributed by atoms with E-state index in [1.807, 2.05) is 37.3 Å². The Morgan fingerprint density at radius 3 is 2.70 bits per heavy atom. The smallest absolute Gasteiger partial charge is 0.227 e. The van der Waals surface area contributed by atoms with Crippen LogP contribution in [0.3, 0.4) is 0 Å². The van der Waals surface area contributed by atoms with Crippen molar-refractivity contribution in [1.29, 1.82) is 0 Å². The maximum Gasteiger partial charge on any atom is 0.227 e. The topological polar surface area (TPSA) is 75.0 Å². The molecule has 2 rings (SSSR count). The summed E-state index contributed by atoms with van der Waals surface area (Å²) in [6, 6.07) is 9.40. The molecule has 0 saturated heterocycles. The van der Waals surface area contributed by atoms with Gasteiger partial charge in [0.25, 0.3) is 0 Å². The van der Waals surface area contributed by atoms with Gasteiger partial charge in [-0.25, -0.2) is 0 Å². The lowest BCUT2D eigenvalue weighted by atomic mass is 9.94. The van der Waals surface area contributed by atoms with Crippen LogP contribution in [0.15, 0.2) is 42.7 Å². The minimum Gasteiger partial charge on any atom is -0.341 e. The van der Waals surface area contributed by atoms with Crippen LogP contribution in [0.1, 0.15) is 24.1 Å². The summed E-state index contributed by atoms with van der Waals surface area (Å²) in [4.78, 5) is 14.1. The van der Waals surface area contributed by atoms with Gasteiger partial charge in [0.1, 0.15) is 0 Å². The van der Waals surface area contributed by atoms with E-state index in [0.29, 0.717) is 6.54 Å². The molecule has 5 heteroatoms. The van der Waals surface area contributed by atoms with Gasteiger partial charge in [-0.1, -0.05) is 37.3 Å². The second-order valence-corrected chi connectivity index (χ2v) is 5.03. The van der Waals surface area contributed by atoms with Crippen molar-refractivity contribution in [2.45, 2.75) is 19.5 Å². The van der Waals surface area contributed by atoms with E-state index in [-0.39, 0.29) is 17.9 Å². The predicted octanol–water partition coefficient (Wildman–Crippen LogP) is 1.70. The largest absolute Gasteiger partial charge is 0.341 e. The molecule has 5 nitrogen and oxygen atoms in total. The van der Waals surface area contributed by atoms with Gasteiger partial charge < -0.3 is 10.6 Å². The average molecular weight is 272 g/mol. The SMILES string of the molecule is CC(C(=O)N(C)Cc1cn[nH]c1)C(N)c1ccccc1. The summed E-state index contributed by atoms with van der Waals surface area (Å²) in [5.74, 6) is -0.239. The summed E-state index contributed by atoms with van der Waals surface area (Å²) in [6.07, 6.45) is 3.50. The number of amides is 1. The van der Waals surface area contributed by atoms with Gasteiger partial charge in [0.05, 0.1) is 12.1 Å². The highest BCUT2D eigenvalue weighted by molar-refractivity contribution is 5.79. The molecule has 0 spiro atoms. The van der Waals surface area contributed by atoms with Crippen molar-refractivity contribution >= 4 is 5.91 Å². The van der Waals surface area contributed by atoms with Crippen molar-refractivity contribution in [1.82, 2.24) is 15.1 Å². The molecule has 1 aromatic heterocycles. The van der Waals surface area contributed by atoms with E-state index >= 15 is 0 Å². The molecule has 0 saturated carbocycles. The lowest BCUT2D eigenvalue weighted by Crippen LogP contribution is -2.36. The van der Waals surface area contributed by atoms with Gasteiger partial charge >= 0.3 is 0 Å². The molecule has 0 bridgehead atoms. The third kappa shape index (κ3) is 3.24. The molecule has 0 fully saturated rings. The molecule has 106 valence electrons. The Hall–Kier alpha value is -2.14. The molecular weight excluding hydrogens is 252 g/mol. The van der Waals surface area contributed by atoms with E-state index in [4.69, 9.17) is 5.73 Å². The van der Waals surface area contributed by atoms with E-state index in [1.165, 1.54) is 0 Å². The normalized spacial score (nSPS) is 13.8. The zero-order chi connectivity index (χ0) is 14.5. The van der Waals surface area contributed by atoms with Crippen LogP contribution in [0.25, 0.3) is 0 Å². The summed E-state index contributed by atoms with van der Waals surface area (Å²) in [5.41, 5.74) is 8.13. The highest BCUT2D eigenvalue weighted by atomic mass is 16.2. The van der Waals surface area contributed by atoms with E-state index in [1.54, 1.807) is 24.3 Å². The maximum atomic E-state index is 12.4. The first-order valence-electron chi connectivity index (χ1n) is 6.62. The summed E-state index contributed by atoms with van der Waals surface area (Å²) in [6.45, 7) is 2.40. The van der Waals surface area contributed by atoms with Crippen LogP contribution in [0.5, 0.6) is 0 Å². The first-order chi connectivity index (χ1) is 9.59. The van der Waals surface area contributed by atoms with Gasteiger partial charge in [0, 0.05) is 31.4 Å². The quantitative estimate of drug-likeness (QED) is 0.870. The number of H-pyrrole nitrogens is 1. The summed E-state index contributed by atoms with van der Waals surface area (Å²) in [7, 11) is 1.78. The van der Waals surface area contributed by atoms with Crippen molar-refractivity contribution in [3.05, 3.63) is 53.9 Å². The van der Waals surface area contributed by atoms with Crippen molar-refractivity contribution in [2.24, 2.45) is 11.7 Å². The average Bonchev–Trinajstić information content (AvgIpc) is 2.98. The Morgan fingerprint density at radius 2 is 2.10 bits per heavy atom. The number of nitrogens with two attached hydrogens (primary N) is 1. The van der Waals surface area contributed by atoms with E-state index in [9.17, 15) is 4.79 Å². The Kier molecular flexibility index (Phi) is 4.53. The van der Waals surface area contributed by atoms with Crippen molar-refractivity contribution < 1.29 is 4.79 Å². The molecule has 0 aliphatic heterocycles. The van der Waals surface area contributed by atoms with E-state index in [2.05, 4.69) is 10.2 Å². The summed E-state index contributed by atoms with van der Waals surface area (Å²) in [5, 5.41) is 6.61. The highest BCUT2D eigenvalue weighted by Gasteiger charge is 2.24. The number of hydrogen-bond donors (Lipinski definition) is 2. The van der Waals surface area contributed by atoms with Crippen LogP contribution in [0.4, 0.5) is 0 Å². The monoisotopic (exact) mass is 272 g/mol. The van der Waals surface area contributed by atoms with Gasteiger partial charge in [-0.2, -0.15) is 5.10 Å². The summed E-state index contributed by atoms with van der Waals surface area (Å²) >= 11 is 0. The zero-order valence-electron chi connectivity index (χ0n) is 11.8. The molecule has 1 amide bonds. The molecule has 0 radical (unpaired) electrons. The van der Waals surface area contributed by atoms with Gasteiger partial charge in [0.15, 0.2) is 0 Å². The number of aromatic nitrogens is 2. The maximum absolute atomic E-state index is 12.4. The molecule has 2 aromatic rings. The van der Waals surface area contributed by atoms with Crippen LogP contribution in [-0.2, 0) is 11.3 Å². The molecular formula is C15H20N4O.